The van der Waals surface area contributed by atoms with E-state index in [0.717, 1.165) is 22.9 Å². The third-order valence-electron chi connectivity index (χ3n) is 9.58. The number of benzene rings is 4. The van der Waals surface area contributed by atoms with Crippen LogP contribution in [0, 0.1) is 0 Å². The Morgan fingerprint density at radius 3 is 2.09 bits per heavy atom. The molecule has 4 aromatic carbocycles. The lowest BCUT2D eigenvalue weighted by Gasteiger charge is -2.37. The number of nitrogens with one attached hydrogen (secondary N) is 2. The molecule has 55 heavy (non-hydrogen) atoms. The summed E-state index contributed by atoms with van der Waals surface area (Å²) < 4.78 is 5.46. The monoisotopic (exact) mass is 794 g/mol. The number of carbonyl (C=O) groups is 2. The van der Waals surface area contributed by atoms with Crippen LogP contribution in [0.15, 0.2) is 121 Å². The maximum absolute atomic E-state index is 13.9. The average Bonchev–Trinajstić information content (AvgIpc) is 3.89. The zero-order valence-electron chi connectivity index (χ0n) is 31.8. The Bertz CT molecular complexity index is 1880. The molecule has 0 bridgehead atoms. The third-order valence-corrected chi connectivity index (χ3v) is 12.8. The van der Waals surface area contributed by atoms with Gasteiger partial charge in [-0.3, -0.25) is 4.79 Å². The normalized spacial score (nSPS) is 16.4. The number of hydrogen-bond acceptors (Lipinski definition) is 9. The predicted octanol–water partition coefficient (Wildman–Crippen LogP) is 9.17. The highest BCUT2D eigenvalue weighted by atomic mass is 32.2. The van der Waals surface area contributed by atoms with Gasteiger partial charge in [0.05, 0.1) is 23.4 Å². The van der Waals surface area contributed by atoms with Gasteiger partial charge in [-0.25, -0.2) is 9.78 Å². The number of carbonyl (C=O) groups excluding carboxylic acids is 2. The van der Waals surface area contributed by atoms with Crippen LogP contribution in [-0.2, 0) is 9.48 Å². The van der Waals surface area contributed by atoms with Crippen molar-refractivity contribution in [3.8, 4) is 10.6 Å². The van der Waals surface area contributed by atoms with Gasteiger partial charge in [0.25, 0.3) is 5.91 Å². The predicted molar refractivity (Wildman–Crippen MR) is 229 cm³/mol. The summed E-state index contributed by atoms with van der Waals surface area (Å²) in [5.41, 5.74) is 4.90. The largest absolute Gasteiger partial charge is 0.444 e. The summed E-state index contributed by atoms with van der Waals surface area (Å²) in [6, 6.07) is 37.1. The van der Waals surface area contributed by atoms with Gasteiger partial charge in [0.1, 0.15) is 10.6 Å². The number of aliphatic hydroxyl groups is 1. The van der Waals surface area contributed by atoms with Gasteiger partial charge >= 0.3 is 6.09 Å². The summed E-state index contributed by atoms with van der Waals surface area (Å²) in [6.07, 6.45) is 4.82. The zero-order valence-corrected chi connectivity index (χ0v) is 34.3. The van der Waals surface area contributed by atoms with Gasteiger partial charge < -0.3 is 25.4 Å². The third kappa shape index (κ3) is 9.94. The first-order valence-electron chi connectivity index (χ1n) is 18.6. The fourth-order valence-corrected chi connectivity index (χ4v) is 10.1. The summed E-state index contributed by atoms with van der Waals surface area (Å²) in [4.78, 5) is 33.9. The van der Waals surface area contributed by atoms with Crippen LogP contribution in [0.25, 0.3) is 10.6 Å². The SMILES string of the molecule is CSCC[C@@H](CO)NC(=O)c1ccc(NC[C@@H]2C[C@H](SC(c3ccccc3)(c3ccccc3)c3ccccc3)CN2C(=O)OC(C)(C)C)cc1-c1nccs1. The second-order valence-electron chi connectivity index (χ2n) is 14.7. The Labute approximate surface area is 337 Å². The van der Waals surface area contributed by atoms with Crippen molar-refractivity contribution in [1.29, 1.82) is 0 Å². The lowest BCUT2D eigenvalue weighted by Crippen LogP contribution is -2.42. The molecule has 1 aliphatic heterocycles. The minimum atomic E-state index is -0.647. The van der Waals surface area contributed by atoms with Gasteiger partial charge in [0.15, 0.2) is 0 Å². The average molecular weight is 795 g/mol. The van der Waals surface area contributed by atoms with Crippen LogP contribution in [-0.4, -0.2) is 81.6 Å². The summed E-state index contributed by atoms with van der Waals surface area (Å²) in [5, 5.41) is 19.2. The van der Waals surface area contributed by atoms with Crippen molar-refractivity contribution in [2.75, 3.05) is 37.0 Å². The number of thiazole rings is 1. The summed E-state index contributed by atoms with van der Waals surface area (Å²) in [6.45, 7) is 6.57. The lowest BCUT2D eigenvalue weighted by atomic mass is 9.84. The molecule has 8 nitrogen and oxygen atoms in total. The van der Waals surface area contributed by atoms with E-state index in [4.69, 9.17) is 4.74 Å². The number of thioether (sulfide) groups is 2. The maximum Gasteiger partial charge on any atom is 0.410 e. The molecule has 2 heterocycles. The van der Waals surface area contributed by atoms with E-state index < -0.39 is 10.3 Å². The van der Waals surface area contributed by atoms with Gasteiger partial charge in [-0.2, -0.15) is 11.8 Å². The number of hydrogen-bond donors (Lipinski definition) is 3. The summed E-state index contributed by atoms with van der Waals surface area (Å²) in [5.74, 6) is 0.586. The number of rotatable bonds is 15. The molecule has 2 amide bonds. The van der Waals surface area contributed by atoms with Crippen LogP contribution in [0.1, 0.15) is 60.7 Å². The number of aliphatic hydroxyl groups excluding tert-OH is 1. The van der Waals surface area contributed by atoms with Gasteiger partial charge in [0.2, 0.25) is 0 Å². The highest BCUT2D eigenvalue weighted by molar-refractivity contribution is 8.01. The van der Waals surface area contributed by atoms with Crippen molar-refractivity contribution in [2.24, 2.45) is 0 Å². The fourth-order valence-electron chi connectivity index (χ4n) is 7.02. The van der Waals surface area contributed by atoms with Crippen molar-refractivity contribution in [1.82, 2.24) is 15.2 Å². The minimum Gasteiger partial charge on any atom is -0.444 e. The smallest absolute Gasteiger partial charge is 0.410 e. The van der Waals surface area contributed by atoms with E-state index in [0.29, 0.717) is 30.6 Å². The minimum absolute atomic E-state index is 0.0717. The van der Waals surface area contributed by atoms with Gasteiger partial charge in [-0.05, 0) is 80.5 Å². The second-order valence-corrected chi connectivity index (χ2v) is 18.0. The zero-order chi connectivity index (χ0) is 38.8. The van der Waals surface area contributed by atoms with E-state index in [2.05, 4.69) is 88.4 Å². The molecule has 288 valence electrons. The highest BCUT2D eigenvalue weighted by Gasteiger charge is 2.45. The number of likely N-dealkylation sites (tertiary alicyclic amines) is 1. The molecule has 0 aliphatic carbocycles. The van der Waals surface area contributed by atoms with E-state index in [1.54, 1.807) is 18.0 Å². The molecule has 6 rings (SSSR count). The second kappa shape index (κ2) is 18.6. The topological polar surface area (TPSA) is 104 Å². The fraction of sp³-hybridized carbons (Fsp3) is 0.341. The van der Waals surface area contributed by atoms with Crippen LogP contribution in [0.2, 0.25) is 0 Å². The van der Waals surface area contributed by atoms with Gasteiger partial charge in [-0.1, -0.05) is 91.0 Å². The van der Waals surface area contributed by atoms with Crippen LogP contribution < -0.4 is 10.6 Å². The molecule has 1 aliphatic rings. The van der Waals surface area contributed by atoms with Crippen LogP contribution in [0.3, 0.4) is 0 Å². The number of aromatic nitrogens is 1. The van der Waals surface area contributed by atoms with Crippen LogP contribution >= 0.6 is 34.9 Å². The van der Waals surface area contributed by atoms with Crippen LogP contribution in [0.5, 0.6) is 0 Å². The van der Waals surface area contributed by atoms with E-state index in [1.165, 1.54) is 28.0 Å². The molecule has 0 spiro atoms. The molecular formula is C44H50N4O4S3. The molecule has 3 atom stereocenters. The standard InChI is InChI=1S/C44H50N4O4S3/c1-43(2,3)52-42(51)48-29-37(55-44(31-14-8-5-9-15-31,32-16-10-6-11-17-32)33-18-12-7-13-19-33)27-36(48)28-46-34-20-21-38(39(26-34)41-45-23-25-54-41)40(50)47-35(30-49)22-24-53-4/h5-21,23,25-26,35-37,46,49H,22,24,27-30H2,1-4H3,(H,47,50)/t35-,36-,37-/m0/s1. The summed E-state index contributed by atoms with van der Waals surface area (Å²) >= 11 is 5.04. The Morgan fingerprint density at radius 2 is 1.56 bits per heavy atom. The quantitative estimate of drug-likeness (QED) is 0.0903. The van der Waals surface area contributed by atoms with Crippen LogP contribution in [0.4, 0.5) is 10.5 Å². The van der Waals surface area contributed by atoms with E-state index >= 15 is 0 Å². The Balaban J connectivity index is 1.30. The molecular weight excluding hydrogens is 745 g/mol. The molecule has 1 aromatic heterocycles. The van der Waals surface area contributed by atoms with E-state index in [-0.39, 0.29) is 35.9 Å². The number of ether oxygens (including phenoxy) is 1. The molecule has 0 unspecified atom stereocenters. The van der Waals surface area contributed by atoms with Crippen molar-refractivity contribution in [2.45, 2.75) is 61.3 Å². The molecule has 3 N–H and O–H groups in total. The molecule has 0 saturated carbocycles. The highest BCUT2D eigenvalue weighted by Crippen LogP contribution is 2.52. The number of nitrogens with zero attached hydrogens (tertiary/aromatic N) is 2. The maximum atomic E-state index is 13.9. The van der Waals surface area contributed by atoms with Crippen molar-refractivity contribution in [3.05, 3.63) is 143 Å². The molecule has 1 saturated heterocycles. The number of amides is 2. The lowest BCUT2D eigenvalue weighted by molar-refractivity contribution is 0.0235. The molecule has 0 radical (unpaired) electrons. The Kier molecular flexibility index (Phi) is 13.6. The first-order chi connectivity index (χ1) is 26.6. The van der Waals surface area contributed by atoms with E-state index in [1.807, 2.05) is 85.5 Å². The van der Waals surface area contributed by atoms with Crippen molar-refractivity contribution >= 4 is 52.5 Å². The summed E-state index contributed by atoms with van der Waals surface area (Å²) in [7, 11) is 0. The molecule has 5 aromatic rings. The van der Waals surface area contributed by atoms with Gasteiger partial charge in [-0.15, -0.1) is 23.1 Å². The number of anilines is 1. The molecule has 1 fully saturated rings. The van der Waals surface area contributed by atoms with Crippen molar-refractivity contribution in [3.63, 3.8) is 0 Å². The first kappa shape index (κ1) is 40.4. The van der Waals surface area contributed by atoms with E-state index in [9.17, 15) is 14.7 Å². The van der Waals surface area contributed by atoms with Gasteiger partial charge in [0, 0.05) is 46.7 Å². The first-order valence-corrected chi connectivity index (χ1v) is 21.8. The molecule has 11 heteroatoms. The van der Waals surface area contributed by atoms with Crippen molar-refractivity contribution < 1.29 is 19.4 Å². The Hall–Kier alpha value is -4.29. The Morgan fingerprint density at radius 1 is 0.945 bits per heavy atom.